The minimum Gasteiger partial charge on any atom is -0.481 e. The summed E-state index contributed by atoms with van der Waals surface area (Å²) in [5, 5.41) is 8.09. The van der Waals surface area contributed by atoms with Crippen molar-refractivity contribution in [1.82, 2.24) is 0 Å². The number of carboxylic acid groups (broad SMARTS) is 1. The standard InChI is InChI=1S/C5H5F3O2/c6-5(7,8)3-1-2(3)4(9)10/h2-3H,1H2,(H,9,10)/t2-,3+/m1/s1. The van der Waals surface area contributed by atoms with Gasteiger partial charge in [-0.15, -0.1) is 0 Å². The third-order valence-electron chi connectivity index (χ3n) is 1.53. The van der Waals surface area contributed by atoms with Gasteiger partial charge in [0.05, 0.1) is 11.8 Å². The molecule has 1 saturated carbocycles. The van der Waals surface area contributed by atoms with E-state index in [1.807, 2.05) is 0 Å². The van der Waals surface area contributed by atoms with Crippen LogP contribution in [0.4, 0.5) is 13.2 Å². The predicted octanol–water partition coefficient (Wildman–Crippen LogP) is 1.27. The molecule has 58 valence electrons. The first-order valence-electron chi connectivity index (χ1n) is 2.72. The zero-order valence-corrected chi connectivity index (χ0v) is 4.85. The van der Waals surface area contributed by atoms with Crippen LogP contribution >= 0.6 is 0 Å². The highest BCUT2D eigenvalue weighted by Crippen LogP contribution is 2.49. The summed E-state index contributed by atoms with van der Waals surface area (Å²) < 4.78 is 34.8. The molecule has 0 saturated heterocycles. The summed E-state index contributed by atoms with van der Waals surface area (Å²) >= 11 is 0. The fourth-order valence-corrected chi connectivity index (χ4v) is 0.830. The molecule has 0 aromatic rings. The van der Waals surface area contributed by atoms with Gasteiger partial charge in [0, 0.05) is 0 Å². The smallest absolute Gasteiger partial charge is 0.392 e. The molecule has 0 aliphatic heterocycles. The minimum absolute atomic E-state index is 0.251. The maximum atomic E-state index is 11.6. The van der Waals surface area contributed by atoms with Crippen molar-refractivity contribution in [3.05, 3.63) is 0 Å². The van der Waals surface area contributed by atoms with Gasteiger partial charge in [-0.3, -0.25) is 4.79 Å². The summed E-state index contributed by atoms with van der Waals surface area (Å²) in [6.45, 7) is 0. The first-order valence-corrected chi connectivity index (χ1v) is 2.72. The second kappa shape index (κ2) is 1.87. The summed E-state index contributed by atoms with van der Waals surface area (Å²) in [4.78, 5) is 9.92. The van der Waals surface area contributed by atoms with Crippen LogP contribution in [0.1, 0.15) is 6.42 Å². The molecule has 0 bridgehead atoms. The highest BCUT2D eigenvalue weighted by Gasteiger charge is 2.59. The fourth-order valence-electron chi connectivity index (χ4n) is 0.830. The molecule has 1 aliphatic rings. The summed E-state index contributed by atoms with van der Waals surface area (Å²) in [5.41, 5.74) is 0. The topological polar surface area (TPSA) is 37.3 Å². The molecule has 0 aromatic heterocycles. The molecule has 0 spiro atoms. The number of alkyl halides is 3. The van der Waals surface area contributed by atoms with Crippen LogP contribution in [0, 0.1) is 11.8 Å². The van der Waals surface area contributed by atoms with Gasteiger partial charge in [0.1, 0.15) is 0 Å². The van der Waals surface area contributed by atoms with Gasteiger partial charge in [0.25, 0.3) is 0 Å². The van der Waals surface area contributed by atoms with E-state index in [2.05, 4.69) is 0 Å². The molecule has 0 amide bonds. The quantitative estimate of drug-likeness (QED) is 0.617. The van der Waals surface area contributed by atoms with Crippen LogP contribution in [0.5, 0.6) is 0 Å². The molecule has 0 heterocycles. The van der Waals surface area contributed by atoms with Crippen LogP contribution in [0.15, 0.2) is 0 Å². The normalized spacial score (nSPS) is 31.9. The van der Waals surface area contributed by atoms with Crippen molar-refractivity contribution < 1.29 is 23.1 Å². The molecule has 0 unspecified atom stereocenters. The number of halogens is 3. The lowest BCUT2D eigenvalue weighted by molar-refractivity contribution is -0.160. The Labute approximate surface area is 54.6 Å². The Kier molecular flexibility index (Phi) is 1.38. The van der Waals surface area contributed by atoms with Gasteiger partial charge in [-0.25, -0.2) is 0 Å². The van der Waals surface area contributed by atoms with Crippen LogP contribution < -0.4 is 0 Å². The van der Waals surface area contributed by atoms with Crippen LogP contribution in [0.2, 0.25) is 0 Å². The van der Waals surface area contributed by atoms with E-state index in [1.165, 1.54) is 0 Å². The lowest BCUT2D eigenvalue weighted by atomic mass is 10.3. The van der Waals surface area contributed by atoms with Gasteiger partial charge >= 0.3 is 12.1 Å². The van der Waals surface area contributed by atoms with E-state index in [4.69, 9.17) is 5.11 Å². The zero-order valence-electron chi connectivity index (χ0n) is 4.85. The van der Waals surface area contributed by atoms with Crippen molar-refractivity contribution in [1.29, 1.82) is 0 Å². The van der Waals surface area contributed by atoms with Crippen LogP contribution in [0.25, 0.3) is 0 Å². The van der Waals surface area contributed by atoms with E-state index in [0.29, 0.717) is 0 Å². The molecule has 5 heteroatoms. The summed E-state index contributed by atoms with van der Waals surface area (Å²) in [7, 11) is 0. The lowest BCUT2D eigenvalue weighted by Crippen LogP contribution is -2.14. The van der Waals surface area contributed by atoms with Crippen LogP contribution in [-0.4, -0.2) is 17.3 Å². The number of carboxylic acids is 1. The number of hydrogen-bond donors (Lipinski definition) is 1. The Bertz CT molecular complexity index is 163. The van der Waals surface area contributed by atoms with Gasteiger partial charge < -0.3 is 5.11 Å². The molecule has 1 aliphatic carbocycles. The monoisotopic (exact) mass is 154 g/mol. The van der Waals surface area contributed by atoms with Gasteiger partial charge in [-0.2, -0.15) is 13.2 Å². The van der Waals surface area contributed by atoms with E-state index in [1.54, 1.807) is 0 Å². The second-order valence-electron chi connectivity index (χ2n) is 2.33. The number of rotatable bonds is 1. The molecule has 10 heavy (non-hydrogen) atoms. The second-order valence-corrected chi connectivity index (χ2v) is 2.33. The molecular weight excluding hydrogens is 149 g/mol. The molecule has 2 atom stereocenters. The zero-order chi connectivity index (χ0) is 7.94. The van der Waals surface area contributed by atoms with Crippen molar-refractivity contribution in [3.8, 4) is 0 Å². The predicted molar refractivity (Wildman–Crippen MR) is 25.3 cm³/mol. The largest absolute Gasteiger partial charge is 0.481 e. The summed E-state index contributed by atoms with van der Waals surface area (Å²) in [6, 6.07) is 0. The Hall–Kier alpha value is -0.740. The van der Waals surface area contributed by atoms with Crippen molar-refractivity contribution in [2.45, 2.75) is 12.6 Å². The van der Waals surface area contributed by atoms with E-state index >= 15 is 0 Å². The van der Waals surface area contributed by atoms with Crippen LogP contribution in [-0.2, 0) is 4.79 Å². The van der Waals surface area contributed by atoms with Crippen molar-refractivity contribution in [3.63, 3.8) is 0 Å². The maximum Gasteiger partial charge on any atom is 0.392 e. The maximum absolute atomic E-state index is 11.6. The van der Waals surface area contributed by atoms with E-state index in [-0.39, 0.29) is 6.42 Å². The van der Waals surface area contributed by atoms with Gasteiger partial charge in [-0.05, 0) is 6.42 Å². The molecule has 0 aromatic carbocycles. The Morgan fingerprint density at radius 1 is 1.50 bits per heavy atom. The highest BCUT2D eigenvalue weighted by molar-refractivity contribution is 5.73. The minimum atomic E-state index is -4.32. The third kappa shape index (κ3) is 1.22. The van der Waals surface area contributed by atoms with E-state index in [0.717, 1.165) is 0 Å². The van der Waals surface area contributed by atoms with E-state index in [9.17, 15) is 18.0 Å². The summed E-state index contributed by atoms with van der Waals surface area (Å²) in [6.07, 6.45) is -4.57. The fraction of sp³-hybridized carbons (Fsp3) is 0.800. The Balaban J connectivity index is 2.46. The molecule has 0 radical (unpaired) electrons. The van der Waals surface area contributed by atoms with Crippen LogP contribution in [0.3, 0.4) is 0 Å². The third-order valence-corrected chi connectivity index (χ3v) is 1.53. The van der Waals surface area contributed by atoms with Gasteiger partial charge in [0.15, 0.2) is 0 Å². The van der Waals surface area contributed by atoms with Crippen molar-refractivity contribution in [2.75, 3.05) is 0 Å². The van der Waals surface area contributed by atoms with Gasteiger partial charge in [0.2, 0.25) is 0 Å². The lowest BCUT2D eigenvalue weighted by Gasteiger charge is -2.01. The van der Waals surface area contributed by atoms with Crippen molar-refractivity contribution >= 4 is 5.97 Å². The number of aliphatic carboxylic acids is 1. The molecular formula is C5H5F3O2. The first-order chi connectivity index (χ1) is 4.43. The average molecular weight is 154 g/mol. The Morgan fingerprint density at radius 2 is 2.00 bits per heavy atom. The van der Waals surface area contributed by atoms with Gasteiger partial charge in [-0.1, -0.05) is 0 Å². The molecule has 1 rings (SSSR count). The first kappa shape index (κ1) is 7.37. The molecule has 1 fully saturated rings. The average Bonchev–Trinajstić information content (AvgIpc) is 2.35. The summed E-state index contributed by atoms with van der Waals surface area (Å²) in [5.74, 6) is -4.12. The molecule has 1 N–H and O–H groups in total. The Morgan fingerprint density at radius 3 is 2.10 bits per heavy atom. The van der Waals surface area contributed by atoms with Crippen molar-refractivity contribution in [2.24, 2.45) is 11.8 Å². The SMILES string of the molecule is O=C(O)[C@@H]1C[C@@H]1C(F)(F)F. The van der Waals surface area contributed by atoms with E-state index < -0.39 is 24.0 Å². The number of hydrogen-bond acceptors (Lipinski definition) is 1. The molecule has 2 nitrogen and oxygen atoms in total. The highest BCUT2D eigenvalue weighted by atomic mass is 19.4. The number of carbonyl (C=O) groups is 1.